The summed E-state index contributed by atoms with van der Waals surface area (Å²) < 4.78 is 0.979. The highest BCUT2D eigenvalue weighted by molar-refractivity contribution is 9.10. The quantitative estimate of drug-likeness (QED) is 0.357. The highest BCUT2D eigenvalue weighted by atomic mass is 79.9. The molecule has 3 amide bonds. The molecule has 1 atom stereocenters. The number of hydrogen-bond donors (Lipinski definition) is 2. The van der Waals surface area contributed by atoms with E-state index in [0.717, 1.165) is 37.9 Å². The van der Waals surface area contributed by atoms with E-state index in [-0.39, 0.29) is 11.9 Å². The Morgan fingerprint density at radius 3 is 2.61 bits per heavy atom. The molecule has 1 saturated heterocycles. The molecule has 33 heavy (non-hydrogen) atoms. The minimum atomic E-state index is -0.556. The van der Waals surface area contributed by atoms with Gasteiger partial charge in [0.2, 0.25) is 11.0 Å². The van der Waals surface area contributed by atoms with E-state index < -0.39 is 6.04 Å². The van der Waals surface area contributed by atoms with Crippen molar-refractivity contribution in [2.45, 2.75) is 18.9 Å². The SMILES string of the molecule is O=C(Nc1nnc(-c2ccc(Br)cc2)s1)C1CCCN1C(=O)Nc1cccc2ccccc12. The van der Waals surface area contributed by atoms with Crippen LogP contribution in [-0.4, -0.2) is 39.6 Å². The molecule has 7 nitrogen and oxygen atoms in total. The van der Waals surface area contributed by atoms with Crippen molar-refractivity contribution in [3.05, 3.63) is 71.2 Å². The number of carbonyl (C=O) groups is 2. The summed E-state index contributed by atoms with van der Waals surface area (Å²) in [6.45, 7) is 0.523. The lowest BCUT2D eigenvalue weighted by Gasteiger charge is -2.24. The summed E-state index contributed by atoms with van der Waals surface area (Å²) in [6, 6.07) is 20.6. The van der Waals surface area contributed by atoms with Crippen LogP contribution in [0.2, 0.25) is 0 Å². The van der Waals surface area contributed by atoms with Crippen molar-refractivity contribution in [3.63, 3.8) is 0 Å². The zero-order chi connectivity index (χ0) is 22.8. The van der Waals surface area contributed by atoms with E-state index in [9.17, 15) is 9.59 Å². The number of urea groups is 1. The summed E-state index contributed by atoms with van der Waals surface area (Å²) >= 11 is 4.72. The van der Waals surface area contributed by atoms with Gasteiger partial charge in [0.1, 0.15) is 11.0 Å². The maximum atomic E-state index is 13.0. The van der Waals surface area contributed by atoms with Gasteiger partial charge in [-0.25, -0.2) is 4.79 Å². The number of anilines is 2. The molecule has 1 aromatic heterocycles. The van der Waals surface area contributed by atoms with Crippen molar-refractivity contribution >= 4 is 60.8 Å². The lowest BCUT2D eigenvalue weighted by Crippen LogP contribution is -2.45. The molecule has 2 N–H and O–H groups in total. The lowest BCUT2D eigenvalue weighted by molar-refractivity contribution is -0.119. The minimum Gasteiger partial charge on any atom is -0.312 e. The highest BCUT2D eigenvalue weighted by Gasteiger charge is 2.34. The number of benzene rings is 3. The predicted octanol–water partition coefficient (Wildman–Crippen LogP) is 5.76. The molecule has 2 heterocycles. The summed E-state index contributed by atoms with van der Waals surface area (Å²) in [6.07, 6.45) is 1.37. The molecule has 0 saturated carbocycles. The largest absolute Gasteiger partial charge is 0.322 e. The number of amides is 3. The number of likely N-dealkylation sites (tertiary alicyclic amines) is 1. The molecule has 0 aliphatic carbocycles. The van der Waals surface area contributed by atoms with Gasteiger partial charge >= 0.3 is 6.03 Å². The normalized spacial score (nSPS) is 15.5. The van der Waals surface area contributed by atoms with Crippen LogP contribution in [0.25, 0.3) is 21.3 Å². The van der Waals surface area contributed by atoms with Crippen molar-refractivity contribution in [1.82, 2.24) is 15.1 Å². The van der Waals surface area contributed by atoms with Gasteiger partial charge in [-0.1, -0.05) is 75.8 Å². The number of rotatable bonds is 4. The van der Waals surface area contributed by atoms with Crippen molar-refractivity contribution in [1.29, 1.82) is 0 Å². The molecule has 0 spiro atoms. The summed E-state index contributed by atoms with van der Waals surface area (Å²) in [7, 11) is 0. The molecule has 5 rings (SSSR count). The second kappa shape index (κ2) is 9.29. The maximum absolute atomic E-state index is 13.0. The van der Waals surface area contributed by atoms with Gasteiger partial charge in [-0.2, -0.15) is 0 Å². The zero-order valence-corrected chi connectivity index (χ0v) is 19.9. The summed E-state index contributed by atoms with van der Waals surface area (Å²) in [4.78, 5) is 27.6. The van der Waals surface area contributed by atoms with Crippen LogP contribution in [0.1, 0.15) is 12.8 Å². The topological polar surface area (TPSA) is 87.2 Å². The molecular weight excluding hydrogens is 502 g/mol. The average Bonchev–Trinajstić information content (AvgIpc) is 3.50. The van der Waals surface area contributed by atoms with E-state index in [2.05, 4.69) is 36.8 Å². The third-order valence-corrected chi connectivity index (χ3v) is 7.01. The van der Waals surface area contributed by atoms with Crippen molar-refractivity contribution in [2.24, 2.45) is 0 Å². The molecule has 0 bridgehead atoms. The third kappa shape index (κ3) is 4.60. The van der Waals surface area contributed by atoms with Gasteiger partial charge in [0.15, 0.2) is 0 Å². The molecule has 1 fully saturated rings. The molecule has 0 radical (unpaired) electrons. The van der Waals surface area contributed by atoms with Crippen LogP contribution in [0.15, 0.2) is 71.2 Å². The Morgan fingerprint density at radius 1 is 0.970 bits per heavy atom. The predicted molar refractivity (Wildman–Crippen MR) is 134 cm³/mol. The zero-order valence-electron chi connectivity index (χ0n) is 17.5. The summed E-state index contributed by atoms with van der Waals surface area (Å²) in [5, 5.41) is 17.2. The van der Waals surface area contributed by atoms with Crippen molar-refractivity contribution in [2.75, 3.05) is 17.2 Å². The number of nitrogens with one attached hydrogen (secondary N) is 2. The van der Waals surface area contributed by atoms with Crippen molar-refractivity contribution in [3.8, 4) is 10.6 Å². The number of fused-ring (bicyclic) bond motifs is 1. The van der Waals surface area contributed by atoms with Crippen LogP contribution in [0, 0.1) is 0 Å². The maximum Gasteiger partial charge on any atom is 0.322 e. The molecule has 166 valence electrons. The van der Waals surface area contributed by atoms with Gasteiger partial charge in [-0.15, -0.1) is 10.2 Å². The van der Waals surface area contributed by atoms with E-state index in [1.165, 1.54) is 11.3 Å². The summed E-state index contributed by atoms with van der Waals surface area (Å²) in [5.41, 5.74) is 1.65. The number of aromatic nitrogens is 2. The van der Waals surface area contributed by atoms with Crippen LogP contribution in [0.4, 0.5) is 15.6 Å². The first-order chi connectivity index (χ1) is 16.1. The standard InChI is InChI=1S/C24H20BrN5O2S/c25-17-12-10-16(11-13-17)22-28-29-23(33-22)27-21(31)20-9-4-14-30(20)24(32)26-19-8-3-6-15-5-1-2-7-18(15)19/h1-3,5-8,10-13,20H,4,9,14H2,(H,26,32)(H,27,29,31). The van der Waals surface area contributed by atoms with Gasteiger partial charge in [0.25, 0.3) is 0 Å². The van der Waals surface area contributed by atoms with Crippen LogP contribution in [0.5, 0.6) is 0 Å². The lowest BCUT2D eigenvalue weighted by atomic mass is 10.1. The number of nitrogens with zero attached hydrogens (tertiary/aromatic N) is 3. The molecule has 1 aliphatic rings. The van der Waals surface area contributed by atoms with Crippen LogP contribution >= 0.6 is 27.3 Å². The second-order valence-electron chi connectivity index (χ2n) is 7.72. The first-order valence-electron chi connectivity index (χ1n) is 10.5. The third-order valence-electron chi connectivity index (χ3n) is 5.59. The van der Waals surface area contributed by atoms with Crippen LogP contribution < -0.4 is 10.6 Å². The number of halogens is 1. The Kier molecular flexibility index (Phi) is 6.06. The first kappa shape index (κ1) is 21.5. The van der Waals surface area contributed by atoms with E-state index >= 15 is 0 Å². The average molecular weight is 522 g/mol. The fraction of sp³-hybridized carbons (Fsp3) is 0.167. The van der Waals surface area contributed by atoms with Gasteiger partial charge in [-0.05, 0) is 36.4 Å². The molecule has 9 heteroatoms. The fourth-order valence-corrected chi connectivity index (χ4v) is 4.99. The van der Waals surface area contributed by atoms with Gasteiger partial charge in [-0.3, -0.25) is 10.1 Å². The first-order valence-corrected chi connectivity index (χ1v) is 12.1. The minimum absolute atomic E-state index is 0.251. The number of carbonyl (C=O) groups excluding carboxylic acids is 2. The summed E-state index contributed by atoms with van der Waals surface area (Å²) in [5.74, 6) is -0.251. The molecule has 3 aromatic carbocycles. The van der Waals surface area contributed by atoms with Gasteiger partial charge in [0.05, 0.1) is 5.69 Å². The smallest absolute Gasteiger partial charge is 0.312 e. The van der Waals surface area contributed by atoms with Gasteiger partial charge in [0, 0.05) is 22.0 Å². The highest BCUT2D eigenvalue weighted by Crippen LogP contribution is 2.29. The van der Waals surface area contributed by atoms with Crippen LogP contribution in [-0.2, 0) is 4.79 Å². The Hall–Kier alpha value is -3.30. The van der Waals surface area contributed by atoms with E-state index in [4.69, 9.17) is 0 Å². The van der Waals surface area contributed by atoms with Crippen molar-refractivity contribution < 1.29 is 9.59 Å². The monoisotopic (exact) mass is 521 g/mol. The van der Waals surface area contributed by atoms with E-state index in [1.807, 2.05) is 66.7 Å². The Morgan fingerprint density at radius 2 is 1.76 bits per heavy atom. The number of hydrogen-bond acceptors (Lipinski definition) is 5. The van der Waals surface area contributed by atoms with E-state index in [1.54, 1.807) is 4.90 Å². The Labute approximate surface area is 203 Å². The second-order valence-corrected chi connectivity index (χ2v) is 9.61. The fourth-order valence-electron chi connectivity index (χ4n) is 3.98. The van der Waals surface area contributed by atoms with Crippen LogP contribution in [0.3, 0.4) is 0 Å². The molecule has 4 aromatic rings. The molecule has 1 unspecified atom stereocenters. The van der Waals surface area contributed by atoms with E-state index in [0.29, 0.717) is 18.1 Å². The Balaban J connectivity index is 1.28. The molecular formula is C24H20BrN5O2S. The Bertz CT molecular complexity index is 1320. The molecule has 1 aliphatic heterocycles. The van der Waals surface area contributed by atoms with Gasteiger partial charge < -0.3 is 10.2 Å².